The molecule has 0 spiro atoms. The lowest BCUT2D eigenvalue weighted by atomic mass is 10.2. The first-order valence-corrected chi connectivity index (χ1v) is 10.1. The predicted molar refractivity (Wildman–Crippen MR) is 113 cm³/mol. The summed E-state index contributed by atoms with van der Waals surface area (Å²) in [6, 6.07) is 15.7. The Morgan fingerprint density at radius 3 is 2.35 bits per heavy atom. The third-order valence-electron chi connectivity index (χ3n) is 4.27. The maximum atomic E-state index is 6.45. The largest absolute Gasteiger partial charge is 0.285 e. The van der Waals surface area contributed by atoms with Crippen LogP contribution in [0.4, 0.5) is 0 Å². The van der Waals surface area contributed by atoms with Crippen molar-refractivity contribution in [3.8, 4) is 17.1 Å². The molecule has 0 atom stereocenters. The summed E-state index contributed by atoms with van der Waals surface area (Å²) in [5.74, 6) is 0.745. The van der Waals surface area contributed by atoms with Crippen LogP contribution in [0.1, 0.15) is 13.8 Å². The SMILES string of the molecule is CCN(CC)Cn1nc(-c2ccccc2Cl)n(-c2ccc(Br)cc2)c1=S. The van der Waals surface area contributed by atoms with E-state index in [0.29, 0.717) is 16.5 Å². The highest BCUT2D eigenvalue weighted by Gasteiger charge is 2.17. The molecule has 0 saturated heterocycles. The molecule has 0 unspecified atom stereocenters. The lowest BCUT2D eigenvalue weighted by molar-refractivity contribution is 0.227. The fourth-order valence-electron chi connectivity index (χ4n) is 2.75. The van der Waals surface area contributed by atoms with Crippen molar-refractivity contribution >= 4 is 39.7 Å². The molecule has 0 radical (unpaired) electrons. The van der Waals surface area contributed by atoms with Crippen LogP contribution in [0.5, 0.6) is 0 Å². The van der Waals surface area contributed by atoms with E-state index in [1.165, 1.54) is 0 Å². The van der Waals surface area contributed by atoms with E-state index in [1.807, 2.05) is 57.8 Å². The van der Waals surface area contributed by atoms with Gasteiger partial charge < -0.3 is 0 Å². The molecule has 3 rings (SSSR count). The lowest BCUT2D eigenvalue weighted by Crippen LogP contribution is -2.26. The Balaban J connectivity index is 2.20. The van der Waals surface area contributed by atoms with E-state index in [0.717, 1.165) is 34.6 Å². The molecule has 26 heavy (non-hydrogen) atoms. The van der Waals surface area contributed by atoms with Gasteiger partial charge in [-0.25, -0.2) is 4.68 Å². The van der Waals surface area contributed by atoms with Crippen molar-refractivity contribution in [3.05, 3.63) is 62.8 Å². The topological polar surface area (TPSA) is 26.0 Å². The zero-order chi connectivity index (χ0) is 18.7. The van der Waals surface area contributed by atoms with Gasteiger partial charge >= 0.3 is 0 Å². The molecule has 0 amide bonds. The number of aromatic nitrogens is 3. The van der Waals surface area contributed by atoms with Crippen LogP contribution >= 0.6 is 39.7 Å². The van der Waals surface area contributed by atoms with E-state index >= 15 is 0 Å². The molecule has 0 aliphatic heterocycles. The van der Waals surface area contributed by atoms with Gasteiger partial charge in [0.1, 0.15) is 0 Å². The van der Waals surface area contributed by atoms with Crippen LogP contribution in [-0.2, 0) is 6.67 Å². The molecule has 0 aliphatic carbocycles. The van der Waals surface area contributed by atoms with Crippen LogP contribution in [-0.4, -0.2) is 32.3 Å². The minimum atomic E-state index is 0.646. The zero-order valence-electron chi connectivity index (χ0n) is 14.7. The first-order valence-electron chi connectivity index (χ1n) is 8.48. The monoisotopic (exact) mass is 450 g/mol. The number of halogens is 2. The Morgan fingerprint density at radius 2 is 1.73 bits per heavy atom. The van der Waals surface area contributed by atoms with Crippen LogP contribution in [0, 0.1) is 4.77 Å². The van der Waals surface area contributed by atoms with Crippen molar-refractivity contribution in [1.29, 1.82) is 0 Å². The number of nitrogens with zero attached hydrogens (tertiary/aromatic N) is 4. The summed E-state index contributed by atoms with van der Waals surface area (Å²) >= 11 is 15.7. The summed E-state index contributed by atoms with van der Waals surface area (Å²) in [4.78, 5) is 2.27. The van der Waals surface area contributed by atoms with Gasteiger partial charge in [0, 0.05) is 10.0 Å². The standard InChI is InChI=1S/C19H20BrClN4S/c1-3-23(4-2)13-24-19(26)25(15-11-9-14(20)10-12-15)18(22-24)16-7-5-6-8-17(16)21/h5-12H,3-4,13H2,1-2H3. The van der Waals surface area contributed by atoms with Gasteiger partial charge in [-0.2, -0.15) is 0 Å². The van der Waals surface area contributed by atoms with Crippen LogP contribution in [0.15, 0.2) is 53.0 Å². The first-order chi connectivity index (χ1) is 12.5. The molecule has 2 aromatic carbocycles. The molecule has 0 fully saturated rings. The van der Waals surface area contributed by atoms with Gasteiger partial charge in [0.2, 0.25) is 4.77 Å². The normalized spacial score (nSPS) is 11.3. The quantitative estimate of drug-likeness (QED) is 0.444. The minimum absolute atomic E-state index is 0.646. The second kappa shape index (κ2) is 8.48. The summed E-state index contributed by atoms with van der Waals surface area (Å²) in [6.45, 7) is 6.78. The summed E-state index contributed by atoms with van der Waals surface area (Å²) < 4.78 is 5.51. The van der Waals surface area contributed by atoms with E-state index in [2.05, 4.69) is 34.7 Å². The Labute approximate surface area is 172 Å². The molecule has 1 heterocycles. The Bertz CT molecular complexity index is 945. The van der Waals surface area contributed by atoms with Gasteiger partial charge in [0.15, 0.2) is 5.82 Å². The van der Waals surface area contributed by atoms with Crippen molar-refractivity contribution in [2.75, 3.05) is 13.1 Å². The first kappa shape index (κ1) is 19.3. The van der Waals surface area contributed by atoms with Crippen molar-refractivity contribution in [2.24, 2.45) is 0 Å². The summed E-state index contributed by atoms with van der Waals surface area (Å²) in [6.07, 6.45) is 0. The predicted octanol–water partition coefficient (Wildman–Crippen LogP) is 5.79. The molecular formula is C19H20BrClN4S. The van der Waals surface area contributed by atoms with Gasteiger partial charge in [-0.05, 0) is 61.7 Å². The highest BCUT2D eigenvalue weighted by molar-refractivity contribution is 9.10. The number of rotatable bonds is 6. The summed E-state index contributed by atoms with van der Waals surface area (Å²) in [5.41, 5.74) is 1.82. The van der Waals surface area contributed by atoms with E-state index in [4.69, 9.17) is 28.9 Å². The lowest BCUT2D eigenvalue weighted by Gasteiger charge is -2.17. The third kappa shape index (κ3) is 3.93. The van der Waals surface area contributed by atoms with Crippen molar-refractivity contribution in [1.82, 2.24) is 19.2 Å². The van der Waals surface area contributed by atoms with Gasteiger partial charge in [-0.1, -0.05) is 53.5 Å². The molecule has 1 aromatic heterocycles. The Morgan fingerprint density at radius 1 is 1.08 bits per heavy atom. The maximum Gasteiger partial charge on any atom is 0.204 e. The molecular weight excluding hydrogens is 432 g/mol. The molecule has 3 aromatic rings. The summed E-state index contributed by atoms with van der Waals surface area (Å²) in [5, 5.41) is 5.47. The smallest absolute Gasteiger partial charge is 0.204 e. The molecule has 0 saturated carbocycles. The van der Waals surface area contributed by atoms with Gasteiger partial charge in [0.05, 0.1) is 17.4 Å². The highest BCUT2D eigenvalue weighted by Crippen LogP contribution is 2.29. The Hall–Kier alpha value is -1.47. The third-order valence-corrected chi connectivity index (χ3v) is 5.52. The van der Waals surface area contributed by atoms with Crippen molar-refractivity contribution in [2.45, 2.75) is 20.5 Å². The molecule has 136 valence electrons. The van der Waals surface area contributed by atoms with E-state index in [9.17, 15) is 0 Å². The highest BCUT2D eigenvalue weighted by atomic mass is 79.9. The van der Waals surface area contributed by atoms with E-state index in [1.54, 1.807) is 0 Å². The number of hydrogen-bond acceptors (Lipinski definition) is 3. The summed E-state index contributed by atoms with van der Waals surface area (Å²) in [7, 11) is 0. The van der Waals surface area contributed by atoms with E-state index < -0.39 is 0 Å². The fraction of sp³-hybridized carbons (Fsp3) is 0.263. The average Bonchev–Trinajstić information content (AvgIpc) is 2.97. The second-order valence-corrected chi connectivity index (χ2v) is 7.53. The van der Waals surface area contributed by atoms with Crippen molar-refractivity contribution < 1.29 is 0 Å². The maximum absolute atomic E-state index is 6.45. The zero-order valence-corrected chi connectivity index (χ0v) is 17.9. The van der Waals surface area contributed by atoms with Crippen LogP contribution in [0.25, 0.3) is 17.1 Å². The fourth-order valence-corrected chi connectivity index (χ4v) is 3.53. The number of benzene rings is 2. The molecule has 7 heteroatoms. The second-order valence-electron chi connectivity index (χ2n) is 5.84. The molecule has 0 aliphatic rings. The van der Waals surface area contributed by atoms with Gasteiger partial charge in [-0.15, -0.1) is 5.10 Å². The van der Waals surface area contributed by atoms with Crippen LogP contribution in [0.2, 0.25) is 5.02 Å². The molecule has 0 bridgehead atoms. The molecule has 4 nitrogen and oxygen atoms in total. The molecule has 0 N–H and O–H groups in total. The van der Waals surface area contributed by atoms with Gasteiger partial charge in [0.25, 0.3) is 0 Å². The van der Waals surface area contributed by atoms with Crippen LogP contribution in [0.3, 0.4) is 0 Å². The average molecular weight is 452 g/mol. The van der Waals surface area contributed by atoms with E-state index in [-0.39, 0.29) is 0 Å². The minimum Gasteiger partial charge on any atom is -0.285 e. The number of hydrogen-bond donors (Lipinski definition) is 0. The van der Waals surface area contributed by atoms with Crippen LogP contribution < -0.4 is 0 Å². The van der Waals surface area contributed by atoms with Gasteiger partial charge in [-0.3, -0.25) is 9.47 Å². The van der Waals surface area contributed by atoms with Crippen molar-refractivity contribution in [3.63, 3.8) is 0 Å². The Kier molecular flexibility index (Phi) is 6.29.